The Balaban J connectivity index is 0.814. The van der Waals surface area contributed by atoms with Gasteiger partial charge >= 0.3 is 0 Å². The number of aliphatic hydroxyl groups excluding tert-OH is 1. The lowest BCUT2D eigenvalue weighted by atomic mass is 9.85. The SMILES string of the molecule is Cc1cnc(Nc2ccc(N3CCN(C(=O)CCCCCC(=O)NC(C(=O)N4C[C@H](O)C[C@H]4C(=O)NCc4ccc(-c5scnc5C)cc4)C(C)(C)C)CC3)cc2)nc1Nc1cccc(S(=O)(=O)NC(C)(C)C)c1. The number of hydrogen-bond acceptors (Lipinski definition) is 14. The van der Waals surface area contributed by atoms with Gasteiger partial charge in [-0.1, -0.05) is 57.5 Å². The van der Waals surface area contributed by atoms with Crippen molar-refractivity contribution in [3.05, 3.63) is 101 Å². The van der Waals surface area contributed by atoms with Gasteiger partial charge in [0.15, 0.2) is 0 Å². The molecule has 2 aliphatic rings. The molecule has 5 aromatic rings. The zero-order valence-electron chi connectivity index (χ0n) is 43.7. The molecule has 2 saturated heterocycles. The molecule has 3 aromatic carbocycles. The third kappa shape index (κ3) is 14.9. The molecule has 0 aliphatic carbocycles. The lowest BCUT2D eigenvalue weighted by molar-refractivity contribution is -0.144. The van der Waals surface area contributed by atoms with Gasteiger partial charge in [-0.2, -0.15) is 4.98 Å². The number of benzene rings is 3. The van der Waals surface area contributed by atoms with Crippen molar-refractivity contribution < 1.29 is 32.7 Å². The minimum Gasteiger partial charge on any atom is -0.391 e. The fraction of sp³-hybridized carbons (Fsp3) is 0.463. The standard InChI is InChI=1S/C54H71N11O7S2/c1-35-31-56-52(61-49(35)58-40-13-12-14-43(29-40)74(71,72)62-54(6,7)8)59-39-21-23-41(24-22-39)63-25-27-64(28-26-63)46(68)16-11-9-10-15-45(67)60-48(53(3,4)5)51(70)65-33-42(66)30-44(65)50(69)55-32-37-17-19-38(20-18-37)47-36(2)57-34-73-47/h12-14,17-24,29,31,34,42,44,48,62,66H,9-11,15-16,25-28,30,32-33H2,1-8H3,(H,55,69)(H,60,67)(H2,56,58,59,61)/t42-,44+,48?/m1/s1. The van der Waals surface area contributed by atoms with E-state index < -0.39 is 45.1 Å². The molecule has 20 heteroatoms. The van der Waals surface area contributed by atoms with Crippen LogP contribution in [0.3, 0.4) is 0 Å². The van der Waals surface area contributed by atoms with Crippen LogP contribution in [0.2, 0.25) is 0 Å². The summed E-state index contributed by atoms with van der Waals surface area (Å²) in [6.45, 7) is 17.6. The van der Waals surface area contributed by atoms with Gasteiger partial charge in [0, 0.05) is 92.9 Å². The van der Waals surface area contributed by atoms with E-state index in [4.69, 9.17) is 0 Å². The van der Waals surface area contributed by atoms with Crippen LogP contribution in [0.1, 0.15) is 96.9 Å². The largest absolute Gasteiger partial charge is 0.391 e. The number of rotatable bonds is 19. The van der Waals surface area contributed by atoms with Gasteiger partial charge in [0.05, 0.1) is 27.1 Å². The first-order chi connectivity index (χ1) is 35.0. The second-order valence-electron chi connectivity index (χ2n) is 21.3. The molecule has 74 heavy (non-hydrogen) atoms. The van der Waals surface area contributed by atoms with E-state index in [-0.39, 0.29) is 48.5 Å². The summed E-state index contributed by atoms with van der Waals surface area (Å²) in [6.07, 6.45) is 3.36. The molecule has 1 unspecified atom stereocenters. The number of nitrogens with zero attached hydrogens (tertiary/aromatic N) is 6. The third-order valence-corrected chi connectivity index (χ3v) is 15.7. The molecule has 0 radical (unpaired) electrons. The number of thiazole rings is 1. The molecule has 2 aromatic heterocycles. The first-order valence-electron chi connectivity index (χ1n) is 25.2. The van der Waals surface area contributed by atoms with Gasteiger partial charge in [-0.25, -0.2) is 23.1 Å². The first kappa shape index (κ1) is 55.3. The fourth-order valence-electron chi connectivity index (χ4n) is 8.98. The maximum atomic E-state index is 14.1. The van der Waals surface area contributed by atoms with E-state index in [0.717, 1.165) is 38.6 Å². The maximum Gasteiger partial charge on any atom is 0.246 e. The van der Waals surface area contributed by atoms with Gasteiger partial charge in [-0.05, 0) is 106 Å². The highest BCUT2D eigenvalue weighted by atomic mass is 32.2. The van der Waals surface area contributed by atoms with Gasteiger partial charge in [-0.15, -0.1) is 11.3 Å². The number of hydrogen-bond donors (Lipinski definition) is 6. The predicted molar refractivity (Wildman–Crippen MR) is 290 cm³/mol. The number of carbonyl (C=O) groups excluding carboxylic acids is 4. The molecule has 4 amide bonds. The van der Waals surface area contributed by atoms with Crippen molar-refractivity contribution in [2.45, 2.75) is 129 Å². The van der Waals surface area contributed by atoms with Crippen LogP contribution in [-0.2, 0) is 35.7 Å². The summed E-state index contributed by atoms with van der Waals surface area (Å²) in [5, 5.41) is 23.0. The highest BCUT2D eigenvalue weighted by Gasteiger charge is 2.44. The van der Waals surface area contributed by atoms with E-state index in [0.29, 0.717) is 69.3 Å². The van der Waals surface area contributed by atoms with Crippen LogP contribution >= 0.6 is 11.3 Å². The Kier molecular flexibility index (Phi) is 17.8. The summed E-state index contributed by atoms with van der Waals surface area (Å²) in [5.41, 5.74) is 6.59. The average molecular weight is 1050 g/mol. The molecule has 6 N–H and O–H groups in total. The molecular weight excluding hydrogens is 979 g/mol. The summed E-state index contributed by atoms with van der Waals surface area (Å²) < 4.78 is 28.6. The smallest absolute Gasteiger partial charge is 0.246 e. The normalized spacial score (nSPS) is 16.7. The number of anilines is 5. The van der Waals surface area contributed by atoms with Crippen LogP contribution in [0.5, 0.6) is 0 Å². The van der Waals surface area contributed by atoms with Crippen molar-refractivity contribution >= 4 is 73.8 Å². The number of carbonyl (C=O) groups is 4. The molecule has 2 fully saturated rings. The third-order valence-electron chi connectivity index (χ3n) is 12.9. The van der Waals surface area contributed by atoms with Gasteiger partial charge in [0.1, 0.15) is 17.9 Å². The Bertz CT molecular complexity index is 2870. The monoisotopic (exact) mass is 1050 g/mol. The van der Waals surface area contributed by atoms with E-state index in [1.807, 2.05) is 93.6 Å². The van der Waals surface area contributed by atoms with E-state index in [1.54, 1.807) is 62.6 Å². The Morgan fingerprint density at radius 3 is 2.20 bits per heavy atom. The van der Waals surface area contributed by atoms with Crippen molar-refractivity contribution in [3.63, 3.8) is 0 Å². The zero-order chi connectivity index (χ0) is 53.4. The van der Waals surface area contributed by atoms with Crippen LogP contribution < -0.4 is 30.9 Å². The Morgan fingerprint density at radius 2 is 1.54 bits per heavy atom. The van der Waals surface area contributed by atoms with E-state index in [1.165, 1.54) is 4.90 Å². The molecule has 7 rings (SSSR count). The van der Waals surface area contributed by atoms with E-state index >= 15 is 0 Å². The van der Waals surface area contributed by atoms with Crippen LogP contribution in [0.15, 0.2) is 89.4 Å². The van der Waals surface area contributed by atoms with Crippen molar-refractivity contribution in [3.8, 4) is 10.4 Å². The molecule has 0 saturated carbocycles. The van der Waals surface area contributed by atoms with Gasteiger partial charge in [0.2, 0.25) is 39.6 Å². The van der Waals surface area contributed by atoms with Gasteiger partial charge in [0.25, 0.3) is 0 Å². The van der Waals surface area contributed by atoms with Gasteiger partial charge in [-0.3, -0.25) is 19.2 Å². The zero-order valence-corrected chi connectivity index (χ0v) is 45.3. The Hall–Kier alpha value is -6.48. The molecule has 18 nitrogen and oxygen atoms in total. The number of likely N-dealkylation sites (tertiary alicyclic amines) is 1. The summed E-state index contributed by atoms with van der Waals surface area (Å²) in [4.78, 5) is 74.3. The molecule has 2 aliphatic heterocycles. The molecule has 4 heterocycles. The number of unbranched alkanes of at least 4 members (excludes halogenated alkanes) is 2. The lowest BCUT2D eigenvalue weighted by Crippen LogP contribution is -2.57. The van der Waals surface area contributed by atoms with Crippen molar-refractivity contribution in [2.24, 2.45) is 5.41 Å². The van der Waals surface area contributed by atoms with E-state index in [2.05, 4.69) is 45.8 Å². The maximum absolute atomic E-state index is 14.1. The van der Waals surface area contributed by atoms with Gasteiger partial charge < -0.3 is 41.1 Å². The van der Waals surface area contributed by atoms with Crippen molar-refractivity contribution in [1.82, 2.24) is 40.1 Å². The predicted octanol–water partition coefficient (Wildman–Crippen LogP) is 7.19. The minimum atomic E-state index is -3.73. The second kappa shape index (κ2) is 23.8. The average Bonchev–Trinajstić information content (AvgIpc) is 3.97. The number of piperazine rings is 1. The summed E-state index contributed by atoms with van der Waals surface area (Å²) in [7, 11) is -3.73. The highest BCUT2D eigenvalue weighted by Crippen LogP contribution is 2.30. The van der Waals surface area contributed by atoms with Crippen LogP contribution in [-0.4, -0.2) is 118 Å². The molecular formula is C54H71N11O7S2. The van der Waals surface area contributed by atoms with Crippen molar-refractivity contribution in [2.75, 3.05) is 48.3 Å². The minimum absolute atomic E-state index is 0.00272. The molecule has 0 spiro atoms. The second-order valence-corrected chi connectivity index (χ2v) is 23.8. The summed E-state index contributed by atoms with van der Waals surface area (Å²) in [5.74, 6) is -0.0604. The lowest BCUT2D eigenvalue weighted by Gasteiger charge is -2.36. The first-order valence-corrected chi connectivity index (χ1v) is 27.6. The summed E-state index contributed by atoms with van der Waals surface area (Å²) in [6, 6.07) is 20.6. The summed E-state index contributed by atoms with van der Waals surface area (Å²) >= 11 is 1.57. The molecule has 0 bridgehead atoms. The number of aromatic nitrogens is 3. The number of amides is 4. The Labute approximate surface area is 439 Å². The number of nitrogens with one attached hydrogen (secondary N) is 5. The number of aryl methyl sites for hydroxylation is 2. The molecule has 3 atom stereocenters. The van der Waals surface area contributed by atoms with Crippen LogP contribution in [0.4, 0.5) is 28.8 Å². The van der Waals surface area contributed by atoms with E-state index in [9.17, 15) is 32.7 Å². The quantitative estimate of drug-likeness (QED) is 0.0451. The number of β-amino-alcohol motifs (C(OH)–C–C–N with tert-alkyl or cyclic N) is 1. The highest BCUT2D eigenvalue weighted by molar-refractivity contribution is 7.89. The molecule has 396 valence electrons. The van der Waals surface area contributed by atoms with Crippen molar-refractivity contribution in [1.29, 1.82) is 0 Å². The van der Waals surface area contributed by atoms with Crippen LogP contribution in [0.25, 0.3) is 10.4 Å². The number of sulfonamides is 1. The number of aliphatic hydroxyl groups is 1. The topological polar surface area (TPSA) is 231 Å². The Morgan fingerprint density at radius 1 is 0.838 bits per heavy atom. The fourth-order valence-corrected chi connectivity index (χ4v) is 11.3. The van der Waals surface area contributed by atoms with Crippen LogP contribution in [0, 0.1) is 19.3 Å².